The predicted molar refractivity (Wildman–Crippen MR) is 88.9 cm³/mol. The van der Waals surface area contributed by atoms with Crippen molar-refractivity contribution in [3.63, 3.8) is 0 Å². The average Bonchev–Trinajstić information content (AvgIpc) is 2.82. The molecule has 4 heteroatoms. The normalized spacial score (nSPS) is 17.4. The number of thioether (sulfide) groups is 1. The molecule has 2 aromatic rings. The van der Waals surface area contributed by atoms with Gasteiger partial charge in [0.25, 0.3) is 0 Å². The first kappa shape index (κ1) is 13.3. The molecule has 0 saturated heterocycles. The first-order chi connectivity index (χ1) is 9.79. The summed E-state index contributed by atoms with van der Waals surface area (Å²) in [6.07, 6.45) is 1.91. The zero-order chi connectivity index (χ0) is 13.9. The molecule has 0 bridgehead atoms. The molecule has 0 aliphatic carbocycles. The van der Waals surface area contributed by atoms with Crippen LogP contribution in [0, 0.1) is 0 Å². The molecule has 3 rings (SSSR count). The number of hydrogen-bond donors (Lipinski definition) is 0. The highest BCUT2D eigenvalue weighted by molar-refractivity contribution is 8.03. The molecule has 1 unspecified atom stereocenters. The number of aliphatic imine (C=N–C) groups is 1. The number of fused-ring (bicyclic) bond motifs is 1. The van der Waals surface area contributed by atoms with Gasteiger partial charge in [-0.15, -0.1) is 11.8 Å². The molecule has 1 heterocycles. The van der Waals surface area contributed by atoms with E-state index in [4.69, 9.17) is 17.0 Å². The zero-order valence-corrected chi connectivity index (χ0v) is 12.6. The van der Waals surface area contributed by atoms with Gasteiger partial charge in [-0.3, -0.25) is 4.99 Å². The van der Waals surface area contributed by atoms with E-state index in [9.17, 15) is 0 Å². The Kier molecular flexibility index (Phi) is 3.85. The van der Waals surface area contributed by atoms with Gasteiger partial charge < -0.3 is 4.74 Å². The van der Waals surface area contributed by atoms with E-state index in [0.717, 1.165) is 21.9 Å². The average molecular weight is 299 g/mol. The Morgan fingerprint density at radius 3 is 2.70 bits per heavy atom. The Hall–Kier alpha value is -1.65. The van der Waals surface area contributed by atoms with Crippen molar-refractivity contribution in [2.45, 2.75) is 10.1 Å². The van der Waals surface area contributed by atoms with Gasteiger partial charge in [-0.05, 0) is 18.2 Å². The van der Waals surface area contributed by atoms with Crippen LogP contribution in [-0.2, 0) is 0 Å². The number of thiocarbonyl (C=S) groups is 1. The fourth-order valence-corrected chi connectivity index (χ4v) is 3.64. The molecule has 0 N–H and O–H groups in total. The van der Waals surface area contributed by atoms with Crippen LogP contribution in [-0.4, -0.2) is 23.4 Å². The fraction of sp³-hybridized carbons (Fsp3) is 0.125. The van der Waals surface area contributed by atoms with Crippen molar-refractivity contribution in [2.75, 3.05) is 7.11 Å². The van der Waals surface area contributed by atoms with E-state index in [1.165, 1.54) is 4.90 Å². The SMILES string of the molecule is COc1ccccc1N=CC1Sc2ccccc2C1=S. The van der Waals surface area contributed by atoms with Gasteiger partial charge in [-0.25, -0.2) is 0 Å². The van der Waals surface area contributed by atoms with Crippen LogP contribution in [0.4, 0.5) is 5.69 Å². The third-order valence-electron chi connectivity index (χ3n) is 3.10. The van der Waals surface area contributed by atoms with E-state index in [2.05, 4.69) is 17.1 Å². The summed E-state index contributed by atoms with van der Waals surface area (Å²) >= 11 is 7.27. The van der Waals surface area contributed by atoms with Gasteiger partial charge >= 0.3 is 0 Å². The monoisotopic (exact) mass is 299 g/mol. The van der Waals surface area contributed by atoms with E-state index >= 15 is 0 Å². The minimum atomic E-state index is 0.118. The molecule has 100 valence electrons. The summed E-state index contributed by atoms with van der Waals surface area (Å²) in [5.74, 6) is 0.773. The van der Waals surface area contributed by atoms with E-state index in [1.54, 1.807) is 18.9 Å². The number of methoxy groups -OCH3 is 1. The second kappa shape index (κ2) is 5.77. The van der Waals surface area contributed by atoms with E-state index < -0.39 is 0 Å². The Morgan fingerprint density at radius 2 is 1.90 bits per heavy atom. The summed E-state index contributed by atoms with van der Waals surface area (Å²) in [6.45, 7) is 0. The number of ether oxygens (including phenoxy) is 1. The van der Waals surface area contributed by atoms with E-state index in [-0.39, 0.29) is 5.25 Å². The van der Waals surface area contributed by atoms with Crippen LogP contribution >= 0.6 is 24.0 Å². The molecule has 2 aromatic carbocycles. The van der Waals surface area contributed by atoms with Crippen LogP contribution in [0.1, 0.15) is 5.56 Å². The molecule has 0 fully saturated rings. The maximum absolute atomic E-state index is 5.53. The molecule has 0 radical (unpaired) electrons. The molecule has 1 atom stereocenters. The van der Waals surface area contributed by atoms with Crippen molar-refractivity contribution in [3.05, 3.63) is 54.1 Å². The highest BCUT2D eigenvalue weighted by atomic mass is 32.2. The lowest BCUT2D eigenvalue weighted by Gasteiger charge is -2.05. The first-order valence-electron chi connectivity index (χ1n) is 6.26. The Labute approximate surface area is 127 Å². The van der Waals surface area contributed by atoms with Gasteiger partial charge in [-0.2, -0.15) is 0 Å². The van der Waals surface area contributed by atoms with Crippen LogP contribution in [0.2, 0.25) is 0 Å². The predicted octanol–water partition coefficient (Wildman–Crippen LogP) is 4.29. The van der Waals surface area contributed by atoms with E-state index in [0.29, 0.717) is 0 Å². The second-order valence-corrected chi connectivity index (χ2v) is 5.97. The molecule has 0 aromatic heterocycles. The van der Waals surface area contributed by atoms with Crippen molar-refractivity contribution in [1.82, 2.24) is 0 Å². The molecular formula is C16H13NOS2. The second-order valence-electron chi connectivity index (χ2n) is 4.35. The lowest BCUT2D eigenvalue weighted by molar-refractivity contribution is 0.416. The van der Waals surface area contributed by atoms with Gasteiger partial charge in [0.05, 0.1) is 12.4 Å². The van der Waals surface area contributed by atoms with Gasteiger partial charge in [0.2, 0.25) is 0 Å². The summed E-state index contributed by atoms with van der Waals surface area (Å²) in [7, 11) is 1.65. The number of benzene rings is 2. The molecular weight excluding hydrogens is 286 g/mol. The largest absolute Gasteiger partial charge is 0.494 e. The Bertz CT molecular complexity index is 682. The number of rotatable bonds is 3. The minimum Gasteiger partial charge on any atom is -0.494 e. The molecule has 0 spiro atoms. The van der Waals surface area contributed by atoms with Crippen LogP contribution in [0.5, 0.6) is 5.75 Å². The summed E-state index contributed by atoms with van der Waals surface area (Å²) in [5, 5.41) is 0.118. The summed E-state index contributed by atoms with van der Waals surface area (Å²) in [6, 6.07) is 15.9. The quantitative estimate of drug-likeness (QED) is 0.623. The smallest absolute Gasteiger partial charge is 0.144 e. The van der Waals surface area contributed by atoms with Crippen LogP contribution in [0.25, 0.3) is 0 Å². The molecule has 20 heavy (non-hydrogen) atoms. The number of hydrogen-bond acceptors (Lipinski definition) is 4. The minimum absolute atomic E-state index is 0.118. The summed E-state index contributed by atoms with van der Waals surface area (Å²) in [4.78, 5) is 6.71. The first-order valence-corrected chi connectivity index (χ1v) is 7.55. The molecule has 1 aliphatic rings. The van der Waals surface area contributed by atoms with Crippen molar-refractivity contribution in [3.8, 4) is 5.75 Å². The summed E-state index contributed by atoms with van der Waals surface area (Å²) in [5.41, 5.74) is 1.98. The Morgan fingerprint density at radius 1 is 1.15 bits per heavy atom. The molecule has 2 nitrogen and oxygen atoms in total. The van der Waals surface area contributed by atoms with Gasteiger partial charge in [0.15, 0.2) is 0 Å². The highest BCUT2D eigenvalue weighted by Gasteiger charge is 2.25. The fourth-order valence-electron chi connectivity index (χ4n) is 2.10. The van der Waals surface area contributed by atoms with Crippen molar-refractivity contribution < 1.29 is 4.74 Å². The topological polar surface area (TPSA) is 21.6 Å². The molecule has 1 aliphatic heterocycles. The van der Waals surface area contributed by atoms with E-state index in [1.807, 2.05) is 42.6 Å². The summed E-state index contributed by atoms with van der Waals surface area (Å²) < 4.78 is 5.30. The van der Waals surface area contributed by atoms with Crippen molar-refractivity contribution in [1.29, 1.82) is 0 Å². The molecule has 0 saturated carbocycles. The molecule has 0 amide bonds. The third-order valence-corrected chi connectivity index (χ3v) is 4.94. The van der Waals surface area contributed by atoms with Gasteiger partial charge in [-0.1, -0.05) is 42.5 Å². The van der Waals surface area contributed by atoms with Crippen LogP contribution < -0.4 is 4.74 Å². The number of para-hydroxylation sites is 2. The highest BCUT2D eigenvalue weighted by Crippen LogP contribution is 2.37. The lowest BCUT2D eigenvalue weighted by atomic mass is 10.1. The van der Waals surface area contributed by atoms with Crippen molar-refractivity contribution in [2.24, 2.45) is 4.99 Å². The maximum Gasteiger partial charge on any atom is 0.144 e. The van der Waals surface area contributed by atoms with Crippen LogP contribution in [0.15, 0.2) is 58.4 Å². The zero-order valence-electron chi connectivity index (χ0n) is 10.9. The van der Waals surface area contributed by atoms with Crippen LogP contribution in [0.3, 0.4) is 0 Å². The Balaban J connectivity index is 1.83. The van der Waals surface area contributed by atoms with Gasteiger partial charge in [0.1, 0.15) is 11.4 Å². The number of nitrogens with zero attached hydrogens (tertiary/aromatic N) is 1. The van der Waals surface area contributed by atoms with Crippen molar-refractivity contribution >= 4 is 40.7 Å². The lowest BCUT2D eigenvalue weighted by Crippen LogP contribution is -2.11. The maximum atomic E-state index is 5.53. The third kappa shape index (κ3) is 2.49. The standard InChI is InChI=1S/C16H13NOS2/c1-18-13-8-4-3-7-12(13)17-10-15-16(19)11-6-2-5-9-14(11)20-15/h2-10,15H,1H3. The van der Waals surface area contributed by atoms with Gasteiger partial charge in [0, 0.05) is 21.5 Å².